The number of halogens is 2. The molecule has 0 unspecified atom stereocenters. The number of para-hydroxylation sites is 1. The van der Waals surface area contributed by atoms with E-state index in [1.165, 1.54) is 18.2 Å². The number of aryl methyl sites for hydroxylation is 1. The van der Waals surface area contributed by atoms with E-state index < -0.39 is 11.6 Å². The van der Waals surface area contributed by atoms with Crippen LogP contribution in [0.1, 0.15) is 6.42 Å². The van der Waals surface area contributed by atoms with E-state index in [1.807, 2.05) is 10.8 Å². The molecule has 0 radical (unpaired) electrons. The Bertz CT molecular complexity index is 448. The van der Waals surface area contributed by atoms with E-state index in [0.29, 0.717) is 6.54 Å². The van der Waals surface area contributed by atoms with Crippen molar-refractivity contribution < 1.29 is 8.78 Å². The zero-order valence-electron chi connectivity index (χ0n) is 9.24. The minimum Gasteiger partial charge on any atom is -0.380 e. The summed E-state index contributed by atoms with van der Waals surface area (Å²) in [6.07, 6.45) is 6.03. The molecule has 0 saturated heterocycles. The number of anilines is 1. The van der Waals surface area contributed by atoms with Gasteiger partial charge in [0, 0.05) is 25.5 Å². The minimum absolute atomic E-state index is 0.0573. The predicted octanol–water partition coefficient (Wildman–Crippen LogP) is 2.66. The molecule has 0 aliphatic carbocycles. The molecule has 2 rings (SSSR count). The molecule has 0 aliphatic rings. The maximum atomic E-state index is 13.2. The Morgan fingerprint density at radius 2 is 2.00 bits per heavy atom. The second-order valence-corrected chi connectivity index (χ2v) is 3.68. The fraction of sp³-hybridized carbons (Fsp3) is 0.250. The SMILES string of the molecule is Fc1cccc(F)c1NCCCn1ccnc1. The Labute approximate surface area is 98.1 Å². The van der Waals surface area contributed by atoms with Crippen LogP contribution in [0.4, 0.5) is 14.5 Å². The summed E-state index contributed by atoms with van der Waals surface area (Å²) in [6, 6.07) is 3.82. The van der Waals surface area contributed by atoms with E-state index in [9.17, 15) is 8.78 Å². The van der Waals surface area contributed by atoms with Gasteiger partial charge in [-0.15, -0.1) is 0 Å². The van der Waals surface area contributed by atoms with Gasteiger partial charge in [0.1, 0.15) is 17.3 Å². The fourth-order valence-corrected chi connectivity index (χ4v) is 1.56. The third kappa shape index (κ3) is 3.03. The second-order valence-electron chi connectivity index (χ2n) is 3.68. The number of nitrogens with zero attached hydrogens (tertiary/aromatic N) is 2. The lowest BCUT2D eigenvalue weighted by Gasteiger charge is -2.08. The third-order valence-electron chi connectivity index (χ3n) is 2.42. The van der Waals surface area contributed by atoms with Gasteiger partial charge in [-0.3, -0.25) is 0 Å². The Hall–Kier alpha value is -1.91. The van der Waals surface area contributed by atoms with Crippen molar-refractivity contribution >= 4 is 5.69 Å². The third-order valence-corrected chi connectivity index (χ3v) is 2.42. The summed E-state index contributed by atoms with van der Waals surface area (Å²) in [7, 11) is 0. The zero-order chi connectivity index (χ0) is 12.1. The van der Waals surface area contributed by atoms with Crippen LogP contribution in [0.25, 0.3) is 0 Å². The van der Waals surface area contributed by atoms with Crippen molar-refractivity contribution in [3.8, 4) is 0 Å². The van der Waals surface area contributed by atoms with Gasteiger partial charge in [0.05, 0.1) is 6.33 Å². The van der Waals surface area contributed by atoms with Gasteiger partial charge in [0.15, 0.2) is 0 Å². The topological polar surface area (TPSA) is 29.9 Å². The zero-order valence-corrected chi connectivity index (χ0v) is 9.24. The van der Waals surface area contributed by atoms with E-state index in [-0.39, 0.29) is 5.69 Å². The first-order valence-electron chi connectivity index (χ1n) is 5.41. The molecule has 0 atom stereocenters. The van der Waals surface area contributed by atoms with Gasteiger partial charge in [0.2, 0.25) is 0 Å². The molecular weight excluding hydrogens is 224 g/mol. The monoisotopic (exact) mass is 237 g/mol. The van der Waals surface area contributed by atoms with Crippen molar-refractivity contribution in [1.82, 2.24) is 9.55 Å². The summed E-state index contributed by atoms with van der Waals surface area (Å²) < 4.78 is 28.4. The number of hydrogen-bond acceptors (Lipinski definition) is 2. The van der Waals surface area contributed by atoms with Crippen LogP contribution in [0, 0.1) is 11.6 Å². The van der Waals surface area contributed by atoms with Crippen molar-refractivity contribution in [2.75, 3.05) is 11.9 Å². The maximum Gasteiger partial charge on any atom is 0.149 e. The van der Waals surface area contributed by atoms with Gasteiger partial charge < -0.3 is 9.88 Å². The highest BCUT2D eigenvalue weighted by Crippen LogP contribution is 2.17. The molecule has 1 aromatic carbocycles. The molecule has 0 bridgehead atoms. The molecule has 0 saturated carbocycles. The quantitative estimate of drug-likeness (QED) is 0.810. The number of nitrogens with one attached hydrogen (secondary N) is 1. The number of aromatic nitrogens is 2. The molecular formula is C12H13F2N3. The van der Waals surface area contributed by atoms with Crippen LogP contribution >= 0.6 is 0 Å². The van der Waals surface area contributed by atoms with Gasteiger partial charge in [-0.05, 0) is 18.6 Å². The van der Waals surface area contributed by atoms with Crippen LogP contribution in [0.3, 0.4) is 0 Å². The van der Waals surface area contributed by atoms with Crippen molar-refractivity contribution in [3.05, 3.63) is 48.6 Å². The highest BCUT2D eigenvalue weighted by atomic mass is 19.1. The van der Waals surface area contributed by atoms with Gasteiger partial charge in [-0.25, -0.2) is 13.8 Å². The van der Waals surface area contributed by atoms with E-state index >= 15 is 0 Å². The molecule has 1 N–H and O–H groups in total. The van der Waals surface area contributed by atoms with Crippen LogP contribution in [0.15, 0.2) is 36.9 Å². The molecule has 2 aromatic rings. The summed E-state index contributed by atoms with van der Waals surface area (Å²) in [4.78, 5) is 3.91. The maximum absolute atomic E-state index is 13.2. The molecule has 17 heavy (non-hydrogen) atoms. The highest BCUT2D eigenvalue weighted by Gasteiger charge is 2.06. The second kappa shape index (κ2) is 5.43. The van der Waals surface area contributed by atoms with E-state index in [0.717, 1.165) is 13.0 Å². The number of imidazole rings is 1. The van der Waals surface area contributed by atoms with Crippen molar-refractivity contribution in [3.63, 3.8) is 0 Å². The first-order valence-corrected chi connectivity index (χ1v) is 5.41. The summed E-state index contributed by atoms with van der Waals surface area (Å²) in [6.45, 7) is 1.28. The fourth-order valence-electron chi connectivity index (χ4n) is 1.56. The Kier molecular flexibility index (Phi) is 3.69. The normalized spacial score (nSPS) is 10.5. The Morgan fingerprint density at radius 1 is 1.24 bits per heavy atom. The largest absolute Gasteiger partial charge is 0.380 e. The average Bonchev–Trinajstić information content (AvgIpc) is 2.80. The number of hydrogen-bond donors (Lipinski definition) is 1. The molecule has 0 aliphatic heterocycles. The van der Waals surface area contributed by atoms with Crippen LogP contribution in [-0.2, 0) is 6.54 Å². The summed E-state index contributed by atoms with van der Waals surface area (Å²) >= 11 is 0. The standard InChI is InChI=1S/C12H13F2N3/c13-10-3-1-4-11(14)12(10)16-5-2-7-17-8-6-15-9-17/h1,3-4,6,8-9,16H,2,5,7H2. The van der Waals surface area contributed by atoms with Gasteiger partial charge in [-0.1, -0.05) is 6.07 Å². The number of rotatable bonds is 5. The molecule has 1 heterocycles. The molecule has 3 nitrogen and oxygen atoms in total. The lowest BCUT2D eigenvalue weighted by Crippen LogP contribution is -2.08. The lowest BCUT2D eigenvalue weighted by molar-refractivity contribution is 0.584. The molecule has 5 heteroatoms. The molecule has 90 valence electrons. The van der Waals surface area contributed by atoms with E-state index in [2.05, 4.69) is 10.3 Å². The van der Waals surface area contributed by atoms with E-state index in [1.54, 1.807) is 12.5 Å². The molecule has 0 spiro atoms. The van der Waals surface area contributed by atoms with Crippen LogP contribution in [-0.4, -0.2) is 16.1 Å². The molecule has 0 amide bonds. The first-order chi connectivity index (χ1) is 8.27. The minimum atomic E-state index is -0.562. The Morgan fingerprint density at radius 3 is 2.65 bits per heavy atom. The predicted molar refractivity (Wildman–Crippen MR) is 61.7 cm³/mol. The van der Waals surface area contributed by atoms with Gasteiger partial charge in [0.25, 0.3) is 0 Å². The molecule has 0 fully saturated rings. The van der Waals surface area contributed by atoms with Crippen molar-refractivity contribution in [2.45, 2.75) is 13.0 Å². The van der Waals surface area contributed by atoms with Gasteiger partial charge >= 0.3 is 0 Å². The number of benzene rings is 1. The van der Waals surface area contributed by atoms with Crippen molar-refractivity contribution in [2.24, 2.45) is 0 Å². The smallest absolute Gasteiger partial charge is 0.149 e. The average molecular weight is 237 g/mol. The lowest BCUT2D eigenvalue weighted by atomic mass is 10.3. The summed E-state index contributed by atoms with van der Waals surface area (Å²) in [5, 5.41) is 2.76. The Balaban J connectivity index is 1.82. The van der Waals surface area contributed by atoms with Crippen LogP contribution < -0.4 is 5.32 Å². The molecule has 1 aromatic heterocycles. The van der Waals surface area contributed by atoms with Crippen molar-refractivity contribution in [1.29, 1.82) is 0 Å². The van der Waals surface area contributed by atoms with Crippen LogP contribution in [0.2, 0.25) is 0 Å². The van der Waals surface area contributed by atoms with Gasteiger partial charge in [-0.2, -0.15) is 0 Å². The van der Waals surface area contributed by atoms with Crippen LogP contribution in [0.5, 0.6) is 0 Å². The summed E-state index contributed by atoms with van der Waals surface area (Å²) in [5.74, 6) is -1.12. The highest BCUT2D eigenvalue weighted by molar-refractivity contribution is 5.45. The first kappa shape index (κ1) is 11.6. The van der Waals surface area contributed by atoms with E-state index in [4.69, 9.17) is 0 Å². The summed E-state index contributed by atoms with van der Waals surface area (Å²) in [5.41, 5.74) is -0.0573.